The molecule has 1 rings (SSSR count). The van der Waals surface area contributed by atoms with E-state index in [4.69, 9.17) is 4.99 Å². The van der Waals surface area contributed by atoms with E-state index in [9.17, 15) is 4.79 Å². The molecule has 1 unspecified atom stereocenters. The number of hydrogen-bond acceptors (Lipinski definition) is 3. The summed E-state index contributed by atoms with van der Waals surface area (Å²) in [5.41, 5.74) is 1.43. The van der Waals surface area contributed by atoms with Crippen LogP contribution in [0.1, 0.15) is 77.2 Å². The van der Waals surface area contributed by atoms with Crippen molar-refractivity contribution in [1.29, 1.82) is 0 Å². The van der Waals surface area contributed by atoms with Crippen LogP contribution < -0.4 is 16.0 Å². The number of carbonyl (C=O) groups is 1. The first kappa shape index (κ1) is 26.0. The van der Waals surface area contributed by atoms with Gasteiger partial charge in [-0.3, -0.25) is 4.79 Å². The number of aliphatic imine (C=N–C) groups is 1. The molecule has 0 aliphatic carbocycles. The standard InChI is InChI=1S/C24H43N5O/c1-8-25-23(27-19(4)13-12-16-29(9-2)10-3)26-18-20-14-11-15-21(17-20)22(30)28-24(5,6)7/h11,14-15,17,19H,8-10,12-13,16,18H2,1-7H3,(H,28,30)(H2,25,26,27). The smallest absolute Gasteiger partial charge is 0.251 e. The van der Waals surface area contributed by atoms with Crippen molar-refractivity contribution in [3.63, 3.8) is 0 Å². The maximum atomic E-state index is 12.4. The van der Waals surface area contributed by atoms with Crippen LogP contribution in [0.4, 0.5) is 0 Å². The molecule has 0 saturated carbocycles. The van der Waals surface area contributed by atoms with Crippen molar-refractivity contribution < 1.29 is 4.79 Å². The first-order valence-corrected chi connectivity index (χ1v) is 11.4. The zero-order valence-corrected chi connectivity index (χ0v) is 20.1. The summed E-state index contributed by atoms with van der Waals surface area (Å²) in [6.45, 7) is 19.3. The summed E-state index contributed by atoms with van der Waals surface area (Å²) in [4.78, 5) is 19.6. The van der Waals surface area contributed by atoms with Gasteiger partial charge in [0.1, 0.15) is 0 Å². The Labute approximate surface area is 183 Å². The highest BCUT2D eigenvalue weighted by atomic mass is 16.1. The summed E-state index contributed by atoms with van der Waals surface area (Å²) in [6, 6.07) is 8.03. The van der Waals surface area contributed by atoms with Crippen molar-refractivity contribution in [2.24, 2.45) is 4.99 Å². The second-order valence-electron chi connectivity index (χ2n) is 8.81. The van der Waals surface area contributed by atoms with Gasteiger partial charge in [-0.2, -0.15) is 0 Å². The summed E-state index contributed by atoms with van der Waals surface area (Å²) in [7, 11) is 0. The molecule has 0 fully saturated rings. The van der Waals surface area contributed by atoms with Crippen molar-refractivity contribution in [2.45, 2.75) is 79.4 Å². The molecule has 0 saturated heterocycles. The highest BCUT2D eigenvalue weighted by Gasteiger charge is 2.15. The van der Waals surface area contributed by atoms with Crippen LogP contribution in [0.2, 0.25) is 0 Å². The molecule has 6 nitrogen and oxygen atoms in total. The molecular formula is C24H43N5O. The number of nitrogens with one attached hydrogen (secondary N) is 3. The second kappa shape index (κ2) is 13.3. The van der Waals surface area contributed by atoms with Crippen molar-refractivity contribution >= 4 is 11.9 Å². The Balaban J connectivity index is 2.67. The molecule has 3 N–H and O–H groups in total. The number of benzene rings is 1. The zero-order chi connectivity index (χ0) is 22.6. The minimum Gasteiger partial charge on any atom is -0.357 e. The van der Waals surface area contributed by atoms with E-state index in [1.165, 1.54) is 6.42 Å². The second-order valence-corrected chi connectivity index (χ2v) is 8.81. The average Bonchev–Trinajstić information content (AvgIpc) is 2.68. The molecule has 0 radical (unpaired) electrons. The van der Waals surface area contributed by atoms with Crippen LogP contribution in [0.25, 0.3) is 0 Å². The summed E-state index contributed by atoms with van der Waals surface area (Å²) in [5, 5.41) is 9.84. The van der Waals surface area contributed by atoms with E-state index >= 15 is 0 Å². The van der Waals surface area contributed by atoms with Crippen LogP contribution in [-0.2, 0) is 6.54 Å². The van der Waals surface area contributed by atoms with Crippen molar-refractivity contribution in [1.82, 2.24) is 20.9 Å². The van der Waals surface area contributed by atoms with Gasteiger partial charge in [-0.15, -0.1) is 0 Å². The first-order valence-electron chi connectivity index (χ1n) is 11.4. The van der Waals surface area contributed by atoms with Crippen molar-refractivity contribution in [2.75, 3.05) is 26.2 Å². The fourth-order valence-electron chi connectivity index (χ4n) is 3.18. The normalized spacial score (nSPS) is 13.3. The van der Waals surface area contributed by atoms with E-state index in [0.717, 1.165) is 44.1 Å². The lowest BCUT2D eigenvalue weighted by molar-refractivity contribution is 0.0919. The third-order valence-electron chi connectivity index (χ3n) is 4.83. The molecule has 170 valence electrons. The first-order chi connectivity index (χ1) is 14.2. The predicted molar refractivity (Wildman–Crippen MR) is 128 cm³/mol. The highest BCUT2D eigenvalue weighted by Crippen LogP contribution is 2.09. The molecular weight excluding hydrogens is 374 g/mol. The molecule has 1 aromatic rings. The Morgan fingerprint density at radius 1 is 1.17 bits per heavy atom. The lowest BCUT2D eigenvalue weighted by atomic mass is 10.1. The largest absolute Gasteiger partial charge is 0.357 e. The van der Waals surface area contributed by atoms with Crippen LogP contribution in [0.5, 0.6) is 0 Å². The molecule has 0 aliphatic rings. The Morgan fingerprint density at radius 2 is 1.87 bits per heavy atom. The quantitative estimate of drug-likeness (QED) is 0.379. The van der Waals surface area contributed by atoms with Crippen LogP contribution in [0.3, 0.4) is 0 Å². The van der Waals surface area contributed by atoms with Gasteiger partial charge in [-0.05, 0) is 84.8 Å². The molecule has 0 bridgehead atoms. The summed E-state index contributed by atoms with van der Waals surface area (Å²) >= 11 is 0. The van der Waals surface area contributed by atoms with Gasteiger partial charge in [0.2, 0.25) is 0 Å². The van der Waals surface area contributed by atoms with Gasteiger partial charge in [-0.1, -0.05) is 26.0 Å². The van der Waals surface area contributed by atoms with Gasteiger partial charge < -0.3 is 20.9 Å². The van der Waals surface area contributed by atoms with E-state index in [2.05, 4.69) is 48.5 Å². The number of amides is 1. The van der Waals surface area contributed by atoms with E-state index in [0.29, 0.717) is 18.2 Å². The van der Waals surface area contributed by atoms with E-state index in [1.54, 1.807) is 0 Å². The maximum Gasteiger partial charge on any atom is 0.251 e. The van der Waals surface area contributed by atoms with Crippen LogP contribution >= 0.6 is 0 Å². The van der Waals surface area contributed by atoms with E-state index in [1.807, 2.05) is 45.0 Å². The third kappa shape index (κ3) is 10.6. The number of guanidine groups is 1. The average molecular weight is 418 g/mol. The van der Waals surface area contributed by atoms with Gasteiger partial charge >= 0.3 is 0 Å². The number of carbonyl (C=O) groups excluding carboxylic acids is 1. The highest BCUT2D eigenvalue weighted by molar-refractivity contribution is 5.94. The molecule has 0 heterocycles. The lowest BCUT2D eigenvalue weighted by Gasteiger charge is -2.21. The molecule has 1 atom stereocenters. The van der Waals surface area contributed by atoms with Gasteiger partial charge in [0, 0.05) is 23.7 Å². The number of hydrogen-bond donors (Lipinski definition) is 3. The Bertz CT molecular complexity index is 662. The summed E-state index contributed by atoms with van der Waals surface area (Å²) < 4.78 is 0. The molecule has 0 aliphatic heterocycles. The molecule has 30 heavy (non-hydrogen) atoms. The maximum absolute atomic E-state index is 12.4. The van der Waals surface area contributed by atoms with Crippen molar-refractivity contribution in [3.05, 3.63) is 35.4 Å². The fraction of sp³-hybridized carbons (Fsp3) is 0.667. The Kier molecular flexibility index (Phi) is 11.5. The molecule has 0 aromatic heterocycles. The molecule has 1 amide bonds. The SMILES string of the molecule is CCNC(=NCc1cccc(C(=O)NC(C)(C)C)c1)NC(C)CCCN(CC)CC. The van der Waals surface area contributed by atoms with Crippen LogP contribution in [-0.4, -0.2) is 54.5 Å². The molecule has 1 aromatic carbocycles. The van der Waals surface area contributed by atoms with Crippen LogP contribution in [0.15, 0.2) is 29.3 Å². The summed E-state index contributed by atoms with van der Waals surface area (Å²) in [5.74, 6) is 0.762. The Morgan fingerprint density at radius 3 is 2.47 bits per heavy atom. The third-order valence-corrected chi connectivity index (χ3v) is 4.83. The minimum absolute atomic E-state index is 0.0554. The zero-order valence-electron chi connectivity index (χ0n) is 20.1. The topological polar surface area (TPSA) is 68.8 Å². The monoisotopic (exact) mass is 417 g/mol. The van der Waals surface area contributed by atoms with Gasteiger partial charge in [0.25, 0.3) is 5.91 Å². The lowest BCUT2D eigenvalue weighted by Crippen LogP contribution is -2.42. The van der Waals surface area contributed by atoms with Crippen LogP contribution in [0, 0.1) is 0 Å². The van der Waals surface area contributed by atoms with Gasteiger partial charge in [0.15, 0.2) is 5.96 Å². The molecule has 6 heteroatoms. The van der Waals surface area contributed by atoms with E-state index in [-0.39, 0.29) is 11.4 Å². The summed E-state index contributed by atoms with van der Waals surface area (Å²) in [6.07, 6.45) is 2.27. The van der Waals surface area contributed by atoms with Gasteiger partial charge in [0.05, 0.1) is 6.54 Å². The Hall–Kier alpha value is -2.08. The predicted octanol–water partition coefficient (Wildman–Crippen LogP) is 3.78. The minimum atomic E-state index is -0.255. The fourth-order valence-corrected chi connectivity index (χ4v) is 3.18. The van der Waals surface area contributed by atoms with Crippen molar-refractivity contribution in [3.8, 4) is 0 Å². The van der Waals surface area contributed by atoms with E-state index < -0.39 is 0 Å². The number of nitrogens with zero attached hydrogens (tertiary/aromatic N) is 2. The molecule has 0 spiro atoms. The number of rotatable bonds is 11. The van der Waals surface area contributed by atoms with Gasteiger partial charge in [-0.25, -0.2) is 4.99 Å².